The molecule has 1 aliphatic carbocycles. The van der Waals surface area contributed by atoms with Crippen LogP contribution in [0.5, 0.6) is 5.75 Å². The van der Waals surface area contributed by atoms with Crippen LogP contribution < -0.4 is 4.74 Å². The molecule has 1 fully saturated rings. The third-order valence-corrected chi connectivity index (χ3v) is 3.68. The van der Waals surface area contributed by atoms with Crippen LogP contribution in [0, 0.1) is 0 Å². The molecule has 3 atom stereocenters. The summed E-state index contributed by atoms with van der Waals surface area (Å²) < 4.78 is 5.77. The predicted molar refractivity (Wildman–Crippen MR) is 71.0 cm³/mol. The minimum absolute atomic E-state index is 0.173. The molecule has 2 rings (SSSR count). The zero-order valence-electron chi connectivity index (χ0n) is 10.5. The van der Waals surface area contributed by atoms with Crippen LogP contribution in [0.1, 0.15) is 44.3 Å². The maximum atomic E-state index is 9.86. The molecule has 2 unspecified atom stereocenters. The Morgan fingerprint density at radius 2 is 2.06 bits per heavy atom. The third-order valence-electron chi connectivity index (χ3n) is 3.38. The van der Waals surface area contributed by atoms with E-state index in [0.29, 0.717) is 10.8 Å². The monoisotopic (exact) mass is 270 g/mol. The van der Waals surface area contributed by atoms with Crippen molar-refractivity contribution in [1.29, 1.82) is 0 Å². The first-order valence-electron chi connectivity index (χ1n) is 6.40. The minimum atomic E-state index is -0.545. The van der Waals surface area contributed by atoms with Gasteiger partial charge < -0.3 is 14.9 Å². The Hall–Kier alpha value is -0.770. The molecule has 18 heavy (non-hydrogen) atoms. The molecule has 1 aromatic rings. The van der Waals surface area contributed by atoms with Crippen molar-refractivity contribution >= 4 is 11.6 Å². The first-order chi connectivity index (χ1) is 8.58. The molecule has 0 aliphatic heterocycles. The van der Waals surface area contributed by atoms with Gasteiger partial charge in [-0.1, -0.05) is 24.1 Å². The van der Waals surface area contributed by atoms with Crippen molar-refractivity contribution in [3.63, 3.8) is 0 Å². The molecular formula is C14H19ClO3. The van der Waals surface area contributed by atoms with Gasteiger partial charge in [0, 0.05) is 0 Å². The molecule has 0 heterocycles. The average molecular weight is 271 g/mol. The van der Waals surface area contributed by atoms with Crippen LogP contribution in [-0.2, 0) is 0 Å². The van der Waals surface area contributed by atoms with E-state index in [1.54, 1.807) is 25.1 Å². The highest BCUT2D eigenvalue weighted by Crippen LogP contribution is 2.31. The summed E-state index contributed by atoms with van der Waals surface area (Å²) in [6.45, 7) is 1.69. The van der Waals surface area contributed by atoms with E-state index in [1.165, 1.54) is 0 Å². The fourth-order valence-corrected chi connectivity index (χ4v) is 2.48. The van der Waals surface area contributed by atoms with Crippen LogP contribution in [0.15, 0.2) is 18.2 Å². The van der Waals surface area contributed by atoms with E-state index in [9.17, 15) is 10.2 Å². The fraction of sp³-hybridized carbons (Fsp3) is 0.571. The number of aliphatic hydroxyl groups is 2. The van der Waals surface area contributed by atoms with Crippen LogP contribution in [0.25, 0.3) is 0 Å². The average Bonchev–Trinajstić information content (AvgIpc) is 2.34. The second-order valence-corrected chi connectivity index (χ2v) is 5.28. The molecule has 1 aromatic carbocycles. The second-order valence-electron chi connectivity index (χ2n) is 4.87. The van der Waals surface area contributed by atoms with Crippen LogP contribution in [0.2, 0.25) is 5.02 Å². The molecule has 3 nitrogen and oxygen atoms in total. The van der Waals surface area contributed by atoms with Crippen molar-refractivity contribution in [3.8, 4) is 5.75 Å². The molecule has 2 N–H and O–H groups in total. The molecule has 0 aromatic heterocycles. The number of ether oxygens (including phenoxy) is 1. The van der Waals surface area contributed by atoms with E-state index in [0.717, 1.165) is 31.2 Å². The van der Waals surface area contributed by atoms with Gasteiger partial charge in [-0.05, 0) is 43.9 Å². The minimum Gasteiger partial charge on any atom is -0.486 e. The summed E-state index contributed by atoms with van der Waals surface area (Å²) in [5.74, 6) is 0.576. The second kappa shape index (κ2) is 5.91. The van der Waals surface area contributed by atoms with Gasteiger partial charge in [0.15, 0.2) is 0 Å². The normalized spacial score (nSPS) is 25.8. The SMILES string of the molecule is C[C@H](O)c1ccc(OC2CCCCC2O)c(Cl)c1. The standard InChI is InChI=1S/C14H19ClO3/c1-9(16)10-6-7-13(11(15)8-10)18-14-5-3-2-4-12(14)17/h6-9,12,14,16-17H,2-5H2,1H3/t9-,12?,14?/m0/s1. The zero-order chi connectivity index (χ0) is 13.1. The summed E-state index contributed by atoms with van der Waals surface area (Å²) in [6, 6.07) is 5.25. The fourth-order valence-electron chi connectivity index (χ4n) is 2.25. The van der Waals surface area contributed by atoms with Gasteiger partial charge in [-0.25, -0.2) is 0 Å². The first-order valence-corrected chi connectivity index (χ1v) is 6.78. The molecule has 100 valence electrons. The smallest absolute Gasteiger partial charge is 0.138 e. The van der Waals surface area contributed by atoms with Crippen LogP contribution >= 0.6 is 11.6 Å². The number of hydrogen-bond donors (Lipinski definition) is 2. The van der Waals surface area contributed by atoms with Gasteiger partial charge in [0.2, 0.25) is 0 Å². The molecule has 0 amide bonds. The van der Waals surface area contributed by atoms with Crippen molar-refractivity contribution < 1.29 is 14.9 Å². The molecular weight excluding hydrogens is 252 g/mol. The van der Waals surface area contributed by atoms with Crippen molar-refractivity contribution in [2.75, 3.05) is 0 Å². The topological polar surface area (TPSA) is 49.7 Å². The summed E-state index contributed by atoms with van der Waals surface area (Å²) in [5, 5.41) is 19.8. The van der Waals surface area contributed by atoms with E-state index in [-0.39, 0.29) is 6.10 Å². The van der Waals surface area contributed by atoms with Gasteiger partial charge in [0.05, 0.1) is 17.2 Å². The Labute approximate surface area is 112 Å². The summed E-state index contributed by atoms with van der Waals surface area (Å²) in [7, 11) is 0. The Balaban J connectivity index is 2.09. The number of hydrogen-bond acceptors (Lipinski definition) is 3. The number of aliphatic hydroxyl groups excluding tert-OH is 2. The molecule has 1 aliphatic rings. The maximum absolute atomic E-state index is 9.86. The van der Waals surface area contributed by atoms with Crippen LogP contribution in [0.3, 0.4) is 0 Å². The lowest BCUT2D eigenvalue weighted by Crippen LogP contribution is -2.34. The molecule has 0 bridgehead atoms. The third kappa shape index (κ3) is 3.16. The van der Waals surface area contributed by atoms with E-state index >= 15 is 0 Å². The molecule has 4 heteroatoms. The Bertz CT molecular complexity index is 406. The predicted octanol–water partition coefficient (Wildman–Crippen LogP) is 3.08. The van der Waals surface area contributed by atoms with Gasteiger partial charge in [-0.15, -0.1) is 0 Å². The Morgan fingerprint density at radius 3 is 2.67 bits per heavy atom. The maximum Gasteiger partial charge on any atom is 0.138 e. The molecule has 1 saturated carbocycles. The lowest BCUT2D eigenvalue weighted by atomic mass is 9.95. The zero-order valence-corrected chi connectivity index (χ0v) is 11.2. The summed E-state index contributed by atoms with van der Waals surface area (Å²) in [5.41, 5.74) is 0.761. The van der Waals surface area contributed by atoms with Gasteiger partial charge >= 0.3 is 0 Å². The highest BCUT2D eigenvalue weighted by Gasteiger charge is 2.25. The van der Waals surface area contributed by atoms with Gasteiger partial charge in [-0.3, -0.25) is 0 Å². The summed E-state index contributed by atoms with van der Waals surface area (Å²) in [6.07, 6.45) is 2.64. The van der Waals surface area contributed by atoms with Gasteiger partial charge in [-0.2, -0.15) is 0 Å². The number of benzene rings is 1. The quantitative estimate of drug-likeness (QED) is 0.887. The number of halogens is 1. The van der Waals surface area contributed by atoms with Gasteiger partial charge in [0.25, 0.3) is 0 Å². The van der Waals surface area contributed by atoms with E-state index in [4.69, 9.17) is 16.3 Å². The highest BCUT2D eigenvalue weighted by atomic mass is 35.5. The van der Waals surface area contributed by atoms with Crippen LogP contribution in [0.4, 0.5) is 0 Å². The molecule has 0 saturated heterocycles. The lowest BCUT2D eigenvalue weighted by molar-refractivity contribution is 0.00690. The molecule has 0 spiro atoms. The van der Waals surface area contributed by atoms with E-state index < -0.39 is 12.2 Å². The van der Waals surface area contributed by atoms with Crippen molar-refractivity contribution in [2.45, 2.75) is 50.9 Å². The van der Waals surface area contributed by atoms with Crippen molar-refractivity contribution in [2.24, 2.45) is 0 Å². The van der Waals surface area contributed by atoms with E-state index in [1.807, 2.05) is 0 Å². The largest absolute Gasteiger partial charge is 0.486 e. The Kier molecular flexibility index (Phi) is 4.49. The molecule has 0 radical (unpaired) electrons. The van der Waals surface area contributed by atoms with Gasteiger partial charge in [0.1, 0.15) is 11.9 Å². The summed E-state index contributed by atoms with van der Waals surface area (Å²) in [4.78, 5) is 0. The first kappa shape index (κ1) is 13.7. The summed E-state index contributed by atoms with van der Waals surface area (Å²) >= 11 is 6.12. The highest BCUT2D eigenvalue weighted by molar-refractivity contribution is 6.32. The lowest BCUT2D eigenvalue weighted by Gasteiger charge is -2.28. The Morgan fingerprint density at radius 1 is 1.33 bits per heavy atom. The van der Waals surface area contributed by atoms with Crippen molar-refractivity contribution in [3.05, 3.63) is 28.8 Å². The number of rotatable bonds is 3. The van der Waals surface area contributed by atoms with E-state index in [2.05, 4.69) is 0 Å². The van der Waals surface area contributed by atoms with Crippen LogP contribution in [-0.4, -0.2) is 22.4 Å². The van der Waals surface area contributed by atoms with Crippen molar-refractivity contribution in [1.82, 2.24) is 0 Å².